The van der Waals surface area contributed by atoms with Crippen LogP contribution in [0, 0.1) is 0 Å². The van der Waals surface area contributed by atoms with Gasteiger partial charge in [-0.1, -0.05) is 44.2 Å². The number of hydrogen-bond donors (Lipinski definition) is 1. The molecule has 1 N–H and O–H groups in total. The largest absolute Gasteiger partial charge is 0.373 e. The van der Waals surface area contributed by atoms with E-state index in [1.165, 1.54) is 10.6 Å². The maximum absolute atomic E-state index is 6.14. The predicted molar refractivity (Wildman–Crippen MR) is 138 cm³/mol. The van der Waals surface area contributed by atoms with E-state index in [4.69, 9.17) is 14.7 Å². The monoisotopic (exact) mass is 555 g/mol. The highest BCUT2D eigenvalue weighted by molar-refractivity contribution is 14.0. The molecule has 6 nitrogen and oxygen atoms in total. The first kappa shape index (κ1) is 24.4. The Morgan fingerprint density at radius 1 is 1.29 bits per heavy atom. The number of ether oxygens (including phenoxy) is 1. The Morgan fingerprint density at radius 2 is 2.10 bits per heavy atom. The van der Waals surface area contributed by atoms with Crippen molar-refractivity contribution in [1.82, 2.24) is 20.1 Å². The Morgan fingerprint density at radius 3 is 2.81 bits per heavy atom. The first-order chi connectivity index (χ1) is 14.6. The zero-order valence-corrected chi connectivity index (χ0v) is 21.8. The molecule has 0 bridgehead atoms. The summed E-state index contributed by atoms with van der Waals surface area (Å²) in [5.41, 5.74) is 2.42. The van der Waals surface area contributed by atoms with Crippen LogP contribution in [0.5, 0.6) is 0 Å². The number of nitrogens with zero attached hydrogens (tertiary/aromatic N) is 4. The van der Waals surface area contributed by atoms with E-state index < -0.39 is 0 Å². The van der Waals surface area contributed by atoms with Crippen molar-refractivity contribution in [2.24, 2.45) is 4.99 Å². The highest BCUT2D eigenvalue weighted by Gasteiger charge is 2.41. The second-order valence-corrected chi connectivity index (χ2v) is 9.23. The van der Waals surface area contributed by atoms with E-state index in [2.05, 4.69) is 71.6 Å². The molecular weight excluding hydrogens is 521 g/mol. The van der Waals surface area contributed by atoms with Crippen LogP contribution in [0.15, 0.2) is 40.7 Å². The second kappa shape index (κ2) is 11.6. The number of halogens is 1. The average Bonchev–Trinajstić information content (AvgIpc) is 3.40. The highest BCUT2D eigenvalue weighted by Crippen LogP contribution is 2.25. The number of rotatable bonds is 6. The minimum atomic E-state index is 0. The van der Waals surface area contributed by atoms with Crippen LogP contribution in [0.25, 0.3) is 0 Å². The van der Waals surface area contributed by atoms with E-state index in [0.29, 0.717) is 18.5 Å². The summed E-state index contributed by atoms with van der Waals surface area (Å²) in [6.45, 7) is 12.5. The quantitative estimate of drug-likeness (QED) is 0.333. The number of guanidine groups is 1. The Kier molecular flexibility index (Phi) is 9.12. The van der Waals surface area contributed by atoms with Crippen LogP contribution >= 0.6 is 35.3 Å². The summed E-state index contributed by atoms with van der Waals surface area (Å²) in [6.07, 6.45) is 0.234. The minimum Gasteiger partial charge on any atom is -0.373 e. The number of aliphatic imine (C=N–C) groups is 1. The van der Waals surface area contributed by atoms with Gasteiger partial charge in [0.25, 0.3) is 0 Å². The highest BCUT2D eigenvalue weighted by atomic mass is 127. The van der Waals surface area contributed by atoms with E-state index in [9.17, 15) is 0 Å². The zero-order valence-electron chi connectivity index (χ0n) is 18.7. The number of thiazole rings is 1. The molecule has 2 aliphatic rings. The van der Waals surface area contributed by atoms with Crippen molar-refractivity contribution in [2.75, 3.05) is 32.8 Å². The van der Waals surface area contributed by atoms with Crippen LogP contribution in [0.2, 0.25) is 0 Å². The van der Waals surface area contributed by atoms with Crippen molar-refractivity contribution in [3.8, 4) is 0 Å². The van der Waals surface area contributed by atoms with Gasteiger partial charge < -0.3 is 15.0 Å². The van der Waals surface area contributed by atoms with Gasteiger partial charge in [0.1, 0.15) is 0 Å². The van der Waals surface area contributed by atoms with Gasteiger partial charge in [-0.25, -0.2) is 9.98 Å². The summed E-state index contributed by atoms with van der Waals surface area (Å²) >= 11 is 1.73. The molecule has 0 amide bonds. The molecule has 2 aromatic rings. The Labute approximate surface area is 207 Å². The molecule has 1 aromatic carbocycles. The van der Waals surface area contributed by atoms with Crippen LogP contribution in [0.3, 0.4) is 0 Å². The summed E-state index contributed by atoms with van der Waals surface area (Å²) < 4.78 is 6.14. The molecule has 2 atom stereocenters. The first-order valence-corrected chi connectivity index (χ1v) is 11.9. The van der Waals surface area contributed by atoms with Crippen molar-refractivity contribution < 1.29 is 4.74 Å². The lowest BCUT2D eigenvalue weighted by Crippen LogP contribution is -2.50. The molecule has 2 unspecified atom stereocenters. The van der Waals surface area contributed by atoms with E-state index in [-0.39, 0.29) is 30.1 Å². The summed E-state index contributed by atoms with van der Waals surface area (Å²) in [4.78, 5) is 14.6. The maximum Gasteiger partial charge on any atom is 0.194 e. The predicted octanol–water partition coefficient (Wildman–Crippen LogP) is 3.94. The first-order valence-electron chi connectivity index (χ1n) is 11.0. The lowest BCUT2D eigenvalue weighted by atomic mass is 10.1. The molecule has 0 radical (unpaired) electrons. The van der Waals surface area contributed by atoms with E-state index in [0.717, 1.165) is 51.0 Å². The van der Waals surface area contributed by atoms with E-state index in [1.807, 2.05) is 0 Å². The number of benzene rings is 1. The molecular formula is C23H34IN5OS. The van der Waals surface area contributed by atoms with Gasteiger partial charge in [-0.3, -0.25) is 4.90 Å². The third kappa shape index (κ3) is 6.18. The van der Waals surface area contributed by atoms with E-state index >= 15 is 0 Å². The van der Waals surface area contributed by atoms with Gasteiger partial charge >= 0.3 is 0 Å². The fourth-order valence-corrected chi connectivity index (χ4v) is 5.01. The van der Waals surface area contributed by atoms with E-state index in [1.54, 1.807) is 11.3 Å². The molecule has 170 valence electrons. The number of likely N-dealkylation sites (tertiary alicyclic amines) is 1. The molecule has 4 rings (SSSR count). The molecule has 0 aliphatic carbocycles. The van der Waals surface area contributed by atoms with Gasteiger partial charge in [-0.2, -0.15) is 0 Å². The Hall–Kier alpha value is -1.23. The van der Waals surface area contributed by atoms with Crippen molar-refractivity contribution in [1.29, 1.82) is 0 Å². The van der Waals surface area contributed by atoms with Crippen LogP contribution < -0.4 is 5.32 Å². The third-order valence-corrected chi connectivity index (χ3v) is 6.93. The summed E-state index contributed by atoms with van der Waals surface area (Å²) in [5, 5.41) is 6.79. The molecule has 2 fully saturated rings. The average molecular weight is 556 g/mol. The maximum atomic E-state index is 6.14. The topological polar surface area (TPSA) is 53.0 Å². The van der Waals surface area contributed by atoms with Crippen LogP contribution in [-0.2, 0) is 17.8 Å². The fourth-order valence-electron chi connectivity index (χ4n) is 4.19. The van der Waals surface area contributed by atoms with Crippen molar-refractivity contribution in [2.45, 2.75) is 51.9 Å². The standard InChI is InChI=1S/C23H33N5OS.HI/c1-4-24-23(25-12-19-16-30-22(26-19)17(2)3)28-14-20-21(15-28)29-11-10-27(20)13-18-8-6-5-7-9-18;/h5-9,16-17,20-21H,4,10-15H2,1-3H3,(H,24,25);1H. The van der Waals surface area contributed by atoms with Gasteiger partial charge in [0.2, 0.25) is 0 Å². The molecule has 1 aromatic heterocycles. The Balaban J connectivity index is 0.00000272. The van der Waals surface area contributed by atoms with Gasteiger partial charge in [-0.15, -0.1) is 35.3 Å². The summed E-state index contributed by atoms with van der Waals surface area (Å²) in [5.74, 6) is 1.43. The van der Waals surface area contributed by atoms with Gasteiger partial charge in [0.05, 0.1) is 36.0 Å². The molecule has 2 aliphatic heterocycles. The van der Waals surface area contributed by atoms with Crippen LogP contribution in [0.1, 0.15) is 43.0 Å². The lowest BCUT2D eigenvalue weighted by molar-refractivity contribution is -0.0502. The van der Waals surface area contributed by atoms with Gasteiger partial charge in [0, 0.05) is 44.0 Å². The molecule has 8 heteroatoms. The molecule has 31 heavy (non-hydrogen) atoms. The number of nitrogens with one attached hydrogen (secondary N) is 1. The number of fused-ring (bicyclic) bond motifs is 1. The van der Waals surface area contributed by atoms with Crippen molar-refractivity contribution in [3.05, 3.63) is 52.0 Å². The summed E-state index contributed by atoms with van der Waals surface area (Å²) in [6, 6.07) is 11.1. The SMILES string of the molecule is CCNC(=NCc1csc(C(C)C)n1)N1CC2OCCN(Cc3ccccc3)C2C1.I. The third-order valence-electron chi connectivity index (χ3n) is 5.73. The second-order valence-electron chi connectivity index (χ2n) is 8.34. The smallest absolute Gasteiger partial charge is 0.194 e. The minimum absolute atomic E-state index is 0. The zero-order chi connectivity index (χ0) is 20.9. The number of aromatic nitrogens is 1. The normalized spacial score (nSPS) is 21.8. The van der Waals surface area contributed by atoms with Gasteiger partial charge in [-0.05, 0) is 12.5 Å². The number of morpholine rings is 1. The summed E-state index contributed by atoms with van der Waals surface area (Å²) in [7, 11) is 0. The molecule has 0 spiro atoms. The van der Waals surface area contributed by atoms with Crippen LogP contribution in [-0.4, -0.2) is 65.7 Å². The number of hydrogen-bond acceptors (Lipinski definition) is 5. The van der Waals surface area contributed by atoms with Crippen LogP contribution in [0.4, 0.5) is 0 Å². The molecule has 2 saturated heterocycles. The lowest BCUT2D eigenvalue weighted by Gasteiger charge is -2.36. The molecule has 3 heterocycles. The Bertz CT molecular complexity index is 844. The van der Waals surface area contributed by atoms with Crippen molar-refractivity contribution in [3.63, 3.8) is 0 Å². The molecule has 0 saturated carbocycles. The fraction of sp³-hybridized carbons (Fsp3) is 0.565. The van der Waals surface area contributed by atoms with Crippen molar-refractivity contribution >= 4 is 41.3 Å². The van der Waals surface area contributed by atoms with Gasteiger partial charge in [0.15, 0.2) is 5.96 Å².